The molecule has 1 aliphatic rings. The molecular weight excluding hydrogens is 250 g/mol. The molecule has 0 saturated carbocycles. The first-order valence-corrected chi connectivity index (χ1v) is 6.05. The third-order valence-electron chi connectivity index (χ3n) is 3.22. The van der Waals surface area contributed by atoms with E-state index in [1.54, 1.807) is 6.07 Å². The number of carbonyl (C=O) groups excluding carboxylic acids is 1. The van der Waals surface area contributed by atoms with Crippen LogP contribution in [-0.4, -0.2) is 36.1 Å². The maximum absolute atomic E-state index is 11.5. The number of ether oxygens (including phenoxy) is 1. The second-order valence-electron chi connectivity index (χ2n) is 4.44. The number of anilines is 1. The molecule has 1 fully saturated rings. The number of piperidine rings is 1. The summed E-state index contributed by atoms with van der Waals surface area (Å²) in [6.07, 6.45) is 2.91. The Kier molecular flexibility index (Phi) is 3.94. The summed E-state index contributed by atoms with van der Waals surface area (Å²) >= 11 is 0. The molecule has 1 aromatic heterocycles. The summed E-state index contributed by atoms with van der Waals surface area (Å²) in [7, 11) is 1.38. The van der Waals surface area contributed by atoms with Crippen LogP contribution in [0.2, 0.25) is 0 Å². The maximum atomic E-state index is 11.5. The Labute approximate surface area is 110 Å². The molecule has 2 heterocycles. The normalized spacial score (nSPS) is 19.0. The minimum absolute atomic E-state index is 0.0368. The Hall–Kier alpha value is -2.18. The largest absolute Gasteiger partial charge is 0.469 e. The number of hydrogen-bond acceptors (Lipinski definition) is 6. The third-order valence-corrected chi connectivity index (χ3v) is 3.22. The van der Waals surface area contributed by atoms with Gasteiger partial charge in [-0.15, -0.1) is 0 Å². The molecule has 0 amide bonds. The van der Waals surface area contributed by atoms with Crippen molar-refractivity contribution in [3.05, 3.63) is 28.4 Å². The highest BCUT2D eigenvalue weighted by molar-refractivity contribution is 5.73. The highest BCUT2D eigenvalue weighted by Crippen LogP contribution is 2.23. The minimum Gasteiger partial charge on any atom is -0.469 e. The molecule has 0 aliphatic carbocycles. The molecule has 1 saturated heterocycles. The van der Waals surface area contributed by atoms with E-state index in [0.717, 1.165) is 19.4 Å². The number of methoxy groups -OCH3 is 1. The van der Waals surface area contributed by atoms with E-state index in [2.05, 4.69) is 4.98 Å². The van der Waals surface area contributed by atoms with E-state index in [1.165, 1.54) is 19.4 Å². The Morgan fingerprint density at radius 1 is 1.58 bits per heavy atom. The third kappa shape index (κ3) is 2.98. The van der Waals surface area contributed by atoms with Crippen molar-refractivity contribution in [1.82, 2.24) is 4.98 Å². The SMILES string of the molecule is COC(=O)[C@H]1CCCN(c2ccc([N+](=O)[O-])cn2)C1. The number of hydrogen-bond donors (Lipinski definition) is 0. The number of nitro groups is 1. The van der Waals surface area contributed by atoms with Gasteiger partial charge in [-0.05, 0) is 18.9 Å². The molecule has 1 aromatic rings. The van der Waals surface area contributed by atoms with Crippen molar-refractivity contribution in [2.75, 3.05) is 25.1 Å². The van der Waals surface area contributed by atoms with E-state index >= 15 is 0 Å². The quantitative estimate of drug-likeness (QED) is 0.466. The molecule has 102 valence electrons. The summed E-state index contributed by atoms with van der Waals surface area (Å²) in [6, 6.07) is 3.03. The van der Waals surface area contributed by atoms with Gasteiger partial charge in [0.25, 0.3) is 5.69 Å². The number of aromatic nitrogens is 1. The predicted molar refractivity (Wildman–Crippen MR) is 67.8 cm³/mol. The summed E-state index contributed by atoms with van der Waals surface area (Å²) in [5, 5.41) is 10.6. The number of carbonyl (C=O) groups is 1. The van der Waals surface area contributed by atoms with E-state index in [9.17, 15) is 14.9 Å². The van der Waals surface area contributed by atoms with E-state index in [4.69, 9.17) is 4.74 Å². The molecule has 19 heavy (non-hydrogen) atoms. The van der Waals surface area contributed by atoms with Gasteiger partial charge >= 0.3 is 5.97 Å². The number of nitrogens with zero attached hydrogens (tertiary/aromatic N) is 3. The lowest BCUT2D eigenvalue weighted by atomic mass is 9.98. The van der Waals surface area contributed by atoms with Gasteiger partial charge in [0.2, 0.25) is 0 Å². The minimum atomic E-state index is -0.482. The average Bonchev–Trinajstić information content (AvgIpc) is 2.46. The first-order valence-electron chi connectivity index (χ1n) is 6.05. The Morgan fingerprint density at radius 2 is 2.37 bits per heavy atom. The monoisotopic (exact) mass is 265 g/mol. The van der Waals surface area contributed by atoms with Gasteiger partial charge in [-0.2, -0.15) is 0 Å². The predicted octanol–water partition coefficient (Wildman–Crippen LogP) is 1.38. The van der Waals surface area contributed by atoms with Crippen LogP contribution >= 0.6 is 0 Å². The van der Waals surface area contributed by atoms with Gasteiger partial charge in [0.05, 0.1) is 18.0 Å². The second-order valence-corrected chi connectivity index (χ2v) is 4.44. The van der Waals surface area contributed by atoms with Crippen molar-refractivity contribution in [1.29, 1.82) is 0 Å². The van der Waals surface area contributed by atoms with Crippen LogP contribution in [0.15, 0.2) is 18.3 Å². The highest BCUT2D eigenvalue weighted by Gasteiger charge is 2.27. The van der Waals surface area contributed by atoms with Gasteiger partial charge in [-0.3, -0.25) is 14.9 Å². The summed E-state index contributed by atoms with van der Waals surface area (Å²) in [5.74, 6) is 0.279. The maximum Gasteiger partial charge on any atom is 0.310 e. The van der Waals surface area contributed by atoms with Crippen LogP contribution in [0, 0.1) is 16.0 Å². The molecule has 1 atom stereocenters. The van der Waals surface area contributed by atoms with Crippen molar-refractivity contribution >= 4 is 17.5 Å². The molecule has 7 heteroatoms. The smallest absolute Gasteiger partial charge is 0.310 e. The average molecular weight is 265 g/mol. The Bertz CT molecular complexity index is 474. The Morgan fingerprint density at radius 3 is 2.95 bits per heavy atom. The van der Waals surface area contributed by atoms with Crippen molar-refractivity contribution < 1.29 is 14.5 Å². The fraction of sp³-hybridized carbons (Fsp3) is 0.500. The molecule has 2 rings (SSSR count). The van der Waals surface area contributed by atoms with Gasteiger partial charge < -0.3 is 9.64 Å². The fourth-order valence-corrected chi connectivity index (χ4v) is 2.22. The lowest BCUT2D eigenvalue weighted by Gasteiger charge is -2.32. The molecule has 0 bridgehead atoms. The number of pyridine rings is 1. The van der Waals surface area contributed by atoms with Crippen LogP contribution in [0.25, 0.3) is 0 Å². The lowest BCUT2D eigenvalue weighted by Crippen LogP contribution is -2.39. The summed E-state index contributed by atoms with van der Waals surface area (Å²) < 4.78 is 4.75. The van der Waals surface area contributed by atoms with Crippen molar-refractivity contribution in [2.24, 2.45) is 5.92 Å². The molecule has 0 radical (unpaired) electrons. The topological polar surface area (TPSA) is 85.6 Å². The van der Waals surface area contributed by atoms with Gasteiger partial charge in [-0.25, -0.2) is 4.98 Å². The van der Waals surface area contributed by atoms with E-state index in [-0.39, 0.29) is 17.6 Å². The summed E-state index contributed by atoms with van der Waals surface area (Å²) in [5.41, 5.74) is -0.0368. The second kappa shape index (κ2) is 5.64. The summed E-state index contributed by atoms with van der Waals surface area (Å²) in [6.45, 7) is 1.33. The standard InChI is InChI=1S/C12H15N3O4/c1-19-12(16)9-3-2-6-14(8-9)11-5-4-10(7-13-11)15(17)18/h4-5,7,9H,2-3,6,8H2,1H3/t9-/m0/s1. The summed E-state index contributed by atoms with van der Waals surface area (Å²) in [4.78, 5) is 27.6. The molecule has 0 unspecified atom stereocenters. The molecule has 7 nitrogen and oxygen atoms in total. The van der Waals surface area contributed by atoms with Crippen LogP contribution < -0.4 is 4.90 Å². The number of esters is 1. The molecular formula is C12H15N3O4. The van der Waals surface area contributed by atoms with Gasteiger partial charge in [0, 0.05) is 19.2 Å². The first-order chi connectivity index (χ1) is 9.11. The van der Waals surface area contributed by atoms with Gasteiger partial charge in [-0.1, -0.05) is 0 Å². The van der Waals surface area contributed by atoms with Crippen LogP contribution in [0.1, 0.15) is 12.8 Å². The number of rotatable bonds is 3. The highest BCUT2D eigenvalue weighted by atomic mass is 16.6. The fourth-order valence-electron chi connectivity index (χ4n) is 2.22. The van der Waals surface area contributed by atoms with E-state index in [1.807, 2.05) is 4.90 Å². The van der Waals surface area contributed by atoms with Crippen LogP contribution in [0.4, 0.5) is 11.5 Å². The zero-order valence-corrected chi connectivity index (χ0v) is 10.6. The molecule has 1 aliphatic heterocycles. The molecule has 0 aromatic carbocycles. The lowest BCUT2D eigenvalue weighted by molar-refractivity contribution is -0.385. The van der Waals surface area contributed by atoms with Gasteiger partial charge in [0.15, 0.2) is 0 Å². The van der Waals surface area contributed by atoms with Crippen LogP contribution in [-0.2, 0) is 9.53 Å². The van der Waals surface area contributed by atoms with Crippen LogP contribution in [0.5, 0.6) is 0 Å². The van der Waals surface area contributed by atoms with E-state index < -0.39 is 4.92 Å². The molecule has 0 N–H and O–H groups in total. The first kappa shape index (κ1) is 13.3. The zero-order chi connectivity index (χ0) is 13.8. The van der Waals surface area contributed by atoms with Crippen molar-refractivity contribution in [3.63, 3.8) is 0 Å². The molecule has 0 spiro atoms. The van der Waals surface area contributed by atoms with Crippen molar-refractivity contribution in [3.8, 4) is 0 Å². The van der Waals surface area contributed by atoms with Gasteiger partial charge in [0.1, 0.15) is 12.0 Å². The Balaban J connectivity index is 2.08. The zero-order valence-electron chi connectivity index (χ0n) is 10.6. The van der Waals surface area contributed by atoms with E-state index in [0.29, 0.717) is 12.4 Å². The van der Waals surface area contributed by atoms with Crippen molar-refractivity contribution in [2.45, 2.75) is 12.8 Å². The van der Waals surface area contributed by atoms with Crippen LogP contribution in [0.3, 0.4) is 0 Å².